The third-order valence-electron chi connectivity index (χ3n) is 10.8. The zero-order valence-corrected chi connectivity index (χ0v) is 36.4. The number of rotatable bonds is 4. The molecule has 0 amide bonds. The van der Waals surface area contributed by atoms with E-state index in [2.05, 4.69) is 71.0 Å². The van der Waals surface area contributed by atoms with Crippen molar-refractivity contribution in [3.8, 4) is 6.07 Å². The minimum Gasteiger partial charge on any atom is -0.484 e. The Bertz CT molecular complexity index is 1030. The summed E-state index contributed by atoms with van der Waals surface area (Å²) in [6.07, 6.45) is 10.5. The second-order valence-corrected chi connectivity index (χ2v) is 15.0. The summed E-state index contributed by atoms with van der Waals surface area (Å²) < 4.78 is 4.89. The summed E-state index contributed by atoms with van der Waals surface area (Å²) >= 11 is 0. The molecule has 54 heavy (non-hydrogen) atoms. The molecule has 0 aromatic carbocycles. The van der Waals surface area contributed by atoms with Crippen molar-refractivity contribution >= 4 is 60.6 Å². The summed E-state index contributed by atoms with van der Waals surface area (Å²) in [6, 6.07) is 2.30. The van der Waals surface area contributed by atoms with Crippen molar-refractivity contribution in [3.05, 3.63) is 0 Å². The third-order valence-corrected chi connectivity index (χ3v) is 10.8. The van der Waals surface area contributed by atoms with Crippen molar-refractivity contribution in [2.75, 3.05) is 108 Å². The van der Waals surface area contributed by atoms with E-state index in [0.29, 0.717) is 47.1 Å². The first-order chi connectivity index (χ1) is 24.2. The Labute approximate surface area is 345 Å². The lowest BCUT2D eigenvalue weighted by molar-refractivity contribution is 0.230. The molecule has 0 aliphatic carbocycles. The lowest BCUT2D eigenvalue weighted by Gasteiger charge is -2.28. The standard InChI is InChI=1S/C8H16N2O.C7H15N3O.2C7H15N3.C7H12N2.3ClH/c1-10-5-3-7(4-6-10)8(9)11-2;1-10-4-2-6(3-5-10)7(8)9-11;2*1-10-4-2-6(3-5-10)7(8)9;1-9-4-2-7(6-8)3-5-9;;;/h7,9H,3-6H2,1-2H3;6,11H,2-5H2,1H3,(H2,8,9);2*6H,2-5H2,1H3,(H3,8,9);7H,2-5H2,1H3;3*1H. The Morgan fingerprint density at radius 3 is 1.06 bits per heavy atom. The summed E-state index contributed by atoms with van der Waals surface area (Å²) in [6.45, 7) is 10.8. The first kappa shape index (κ1) is 56.2. The topological polar surface area (TPSA) is 231 Å². The molecule has 5 rings (SSSR count). The molecule has 5 aliphatic rings. The molecule has 0 aromatic heterocycles. The Hall–Kier alpha value is -2.16. The van der Waals surface area contributed by atoms with Crippen LogP contribution in [0.2, 0.25) is 0 Å². The van der Waals surface area contributed by atoms with Crippen LogP contribution in [0.15, 0.2) is 5.16 Å². The highest BCUT2D eigenvalue weighted by atomic mass is 35.5. The van der Waals surface area contributed by atoms with Crippen LogP contribution < -0.4 is 17.2 Å². The van der Waals surface area contributed by atoms with Gasteiger partial charge < -0.3 is 51.6 Å². The predicted octanol–water partition coefficient (Wildman–Crippen LogP) is 3.67. The zero-order valence-electron chi connectivity index (χ0n) is 34.0. The highest BCUT2D eigenvalue weighted by molar-refractivity contribution is 5.86. The Morgan fingerprint density at radius 1 is 0.556 bits per heavy atom. The Balaban J connectivity index is -0.000000595. The van der Waals surface area contributed by atoms with Gasteiger partial charge in [-0.25, -0.2) is 0 Å². The molecule has 15 nitrogen and oxygen atoms in total. The number of ether oxygens (including phenoxy) is 1. The van der Waals surface area contributed by atoms with Crippen LogP contribution in [0.25, 0.3) is 0 Å². The number of likely N-dealkylation sites (tertiary alicyclic amines) is 5. The minimum atomic E-state index is 0. The van der Waals surface area contributed by atoms with Crippen molar-refractivity contribution in [2.45, 2.75) is 64.2 Å². The number of halogens is 3. The Morgan fingerprint density at radius 2 is 0.815 bits per heavy atom. The quantitative estimate of drug-likeness (QED) is 0.0936. The molecule has 0 unspecified atom stereocenters. The van der Waals surface area contributed by atoms with Crippen molar-refractivity contribution in [1.29, 1.82) is 21.5 Å². The van der Waals surface area contributed by atoms with Gasteiger partial charge in [-0.1, -0.05) is 5.16 Å². The molecule has 318 valence electrons. The largest absolute Gasteiger partial charge is 0.484 e. The van der Waals surface area contributed by atoms with Crippen LogP contribution in [0, 0.1) is 57.1 Å². The average Bonchev–Trinajstić information content (AvgIpc) is 3.13. The second-order valence-electron chi connectivity index (χ2n) is 15.0. The summed E-state index contributed by atoms with van der Waals surface area (Å²) in [7, 11) is 12.1. The van der Waals surface area contributed by atoms with Crippen molar-refractivity contribution in [1.82, 2.24) is 24.5 Å². The molecular formula is C36H76Cl3N13O2. The van der Waals surface area contributed by atoms with Gasteiger partial charge in [0.1, 0.15) is 5.84 Å². The predicted molar refractivity (Wildman–Crippen MR) is 230 cm³/mol. The smallest absolute Gasteiger partial charge is 0.183 e. The van der Waals surface area contributed by atoms with Crippen LogP contribution in [-0.4, -0.2) is 161 Å². The number of nitriles is 1. The van der Waals surface area contributed by atoms with E-state index < -0.39 is 0 Å². The number of hydrogen-bond donors (Lipinski definition) is 7. The number of nitrogens with zero attached hydrogens (tertiary/aromatic N) is 7. The fraction of sp³-hybridized carbons (Fsp3) is 0.861. The number of amidine groups is 3. The van der Waals surface area contributed by atoms with Gasteiger partial charge in [0.2, 0.25) is 0 Å². The van der Waals surface area contributed by atoms with Crippen LogP contribution >= 0.6 is 37.2 Å². The molecule has 5 saturated heterocycles. The minimum absolute atomic E-state index is 0. The third kappa shape index (κ3) is 24.4. The van der Waals surface area contributed by atoms with Gasteiger partial charge in [-0.15, -0.1) is 37.2 Å². The van der Waals surface area contributed by atoms with Crippen LogP contribution in [0.5, 0.6) is 0 Å². The summed E-state index contributed by atoms with van der Waals surface area (Å²) in [4.78, 5) is 11.4. The molecule has 10 N–H and O–H groups in total. The number of nitrogens with one attached hydrogen (secondary N) is 3. The van der Waals surface area contributed by atoms with Gasteiger partial charge in [-0.05, 0) is 165 Å². The van der Waals surface area contributed by atoms with Gasteiger partial charge in [0.15, 0.2) is 5.90 Å². The maximum atomic E-state index is 8.51. The number of hydrogen-bond acceptors (Lipinski definition) is 12. The SMILES string of the molecule is CN1CCC(/C(N)=N/O)CC1.CN1CCC(C#N)CC1.CN1CCC(C(=N)N)CC1.CN1CCC(C(=N)N)CC1.COC(=N)C1CCN(C)CC1.Cl.Cl.Cl. The summed E-state index contributed by atoms with van der Waals surface area (Å²) in [5, 5.41) is 41.8. The maximum absolute atomic E-state index is 8.51. The first-order valence-electron chi connectivity index (χ1n) is 18.8. The number of oxime groups is 1. The molecule has 5 heterocycles. The molecule has 5 fully saturated rings. The van der Waals surface area contributed by atoms with Crippen molar-refractivity contribution < 1.29 is 9.94 Å². The van der Waals surface area contributed by atoms with Gasteiger partial charge in [-0.3, -0.25) is 16.2 Å². The van der Waals surface area contributed by atoms with E-state index in [4.69, 9.17) is 48.6 Å². The van der Waals surface area contributed by atoms with Gasteiger partial charge in [0.25, 0.3) is 0 Å². The Kier molecular flexibility index (Phi) is 33.3. The fourth-order valence-electron chi connectivity index (χ4n) is 6.60. The summed E-state index contributed by atoms with van der Waals surface area (Å²) in [5.41, 5.74) is 16.2. The van der Waals surface area contributed by atoms with E-state index in [-0.39, 0.29) is 43.1 Å². The van der Waals surface area contributed by atoms with E-state index in [1.807, 2.05) is 0 Å². The van der Waals surface area contributed by atoms with E-state index in [9.17, 15) is 0 Å². The normalized spacial score (nSPS) is 21.7. The highest BCUT2D eigenvalue weighted by Crippen LogP contribution is 2.18. The van der Waals surface area contributed by atoms with E-state index in [0.717, 1.165) is 130 Å². The zero-order chi connectivity index (χ0) is 38.3. The molecule has 0 aromatic rings. The van der Waals surface area contributed by atoms with E-state index >= 15 is 0 Å². The molecule has 0 bridgehead atoms. The summed E-state index contributed by atoms with van der Waals surface area (Å²) in [5.74, 6) is 3.29. The van der Waals surface area contributed by atoms with Crippen molar-refractivity contribution in [2.24, 2.45) is 51.9 Å². The molecule has 5 aliphatic heterocycles. The van der Waals surface area contributed by atoms with Crippen LogP contribution in [0.4, 0.5) is 0 Å². The van der Waals surface area contributed by atoms with Crippen LogP contribution in [0.1, 0.15) is 64.2 Å². The fourth-order valence-corrected chi connectivity index (χ4v) is 6.60. The van der Waals surface area contributed by atoms with Crippen LogP contribution in [-0.2, 0) is 4.74 Å². The van der Waals surface area contributed by atoms with Gasteiger partial charge in [-0.2, -0.15) is 5.26 Å². The lowest BCUT2D eigenvalue weighted by atomic mass is 9.96. The molecule has 0 spiro atoms. The number of methoxy groups -OCH3 is 1. The highest BCUT2D eigenvalue weighted by Gasteiger charge is 2.22. The average molecular weight is 829 g/mol. The first-order valence-corrected chi connectivity index (χ1v) is 18.8. The van der Waals surface area contributed by atoms with Gasteiger partial charge in [0, 0.05) is 29.6 Å². The van der Waals surface area contributed by atoms with E-state index in [1.165, 1.54) is 0 Å². The molecular weight excluding hydrogens is 753 g/mol. The van der Waals surface area contributed by atoms with E-state index in [1.54, 1.807) is 7.11 Å². The number of nitrogens with two attached hydrogens (primary N) is 3. The number of piperidine rings is 5. The molecule has 0 radical (unpaired) electrons. The van der Waals surface area contributed by atoms with Gasteiger partial charge >= 0.3 is 0 Å². The van der Waals surface area contributed by atoms with Crippen LogP contribution in [0.3, 0.4) is 0 Å². The maximum Gasteiger partial charge on any atom is 0.183 e. The molecule has 0 saturated carbocycles. The molecule has 0 atom stereocenters. The lowest BCUT2D eigenvalue weighted by Crippen LogP contribution is -2.36. The van der Waals surface area contributed by atoms with Gasteiger partial charge in [0.05, 0.1) is 24.9 Å². The second kappa shape index (κ2) is 32.0. The monoisotopic (exact) mass is 828 g/mol. The molecule has 18 heteroatoms. The van der Waals surface area contributed by atoms with Crippen molar-refractivity contribution in [3.63, 3.8) is 0 Å².